The summed E-state index contributed by atoms with van der Waals surface area (Å²) in [6.45, 7) is 1.53. The number of amides is 1. The number of ether oxygens (including phenoxy) is 3. The number of rotatable bonds is 16. The molecule has 254 valence electrons. The Morgan fingerprint density at radius 2 is 1.65 bits per heavy atom. The minimum absolute atomic E-state index is 0.0357. The second-order valence-corrected chi connectivity index (χ2v) is 11.3. The van der Waals surface area contributed by atoms with E-state index in [1.54, 1.807) is 41.3 Å². The fourth-order valence-corrected chi connectivity index (χ4v) is 5.74. The van der Waals surface area contributed by atoms with Crippen molar-refractivity contribution in [3.63, 3.8) is 0 Å². The largest absolute Gasteiger partial charge is 0.508 e. The standard InChI is InChI=1S/C30H34N2O9.C6H6O/c1-2-38-24-12-13-30(26(19-24)28(35)36)29(37)32(30)15-7-6-14-31-41-20-21-10-11-23(18-25(21)27(33)34)40-17-16-39-22-8-4-3-5-9-22;7-6-4-2-1-3-5-6/h1,3-5,8-11,18,24,26,31H,6-7,12-17,19-20H2,(H,33,34)(H,35,36);1-5,7H. The number of para-hydroxylation sites is 2. The van der Waals surface area contributed by atoms with E-state index in [9.17, 15) is 24.6 Å². The number of phenols is 1. The summed E-state index contributed by atoms with van der Waals surface area (Å²) in [6, 6.07) is 22.8. The van der Waals surface area contributed by atoms with E-state index >= 15 is 0 Å². The summed E-state index contributed by atoms with van der Waals surface area (Å²) in [6.07, 6.45) is 9.43. The Balaban J connectivity index is 0.000000659. The maximum absolute atomic E-state index is 12.6. The SMILES string of the molecule is C#COC1CCC2(C(=O)N2CCCCNOCc2ccc(OCCOc3ccccc3)cc2C(=O)O)C(C(=O)O)C1.Oc1ccccc1. The fourth-order valence-electron chi connectivity index (χ4n) is 5.74. The molecule has 3 unspecified atom stereocenters. The van der Waals surface area contributed by atoms with Gasteiger partial charge in [-0.05, 0) is 67.6 Å². The minimum atomic E-state index is -1.09. The quantitative estimate of drug-likeness (QED) is 0.0742. The summed E-state index contributed by atoms with van der Waals surface area (Å²) in [5, 5.41) is 27.9. The van der Waals surface area contributed by atoms with Crippen LogP contribution in [0.15, 0.2) is 78.9 Å². The molecule has 3 aromatic rings. The minimum Gasteiger partial charge on any atom is -0.508 e. The third kappa shape index (κ3) is 9.63. The van der Waals surface area contributed by atoms with E-state index < -0.39 is 23.4 Å². The highest BCUT2D eigenvalue weighted by Crippen LogP contribution is 2.50. The van der Waals surface area contributed by atoms with E-state index in [4.69, 9.17) is 30.6 Å². The molecule has 5 rings (SSSR count). The predicted octanol–water partition coefficient (Wildman–Crippen LogP) is 4.48. The number of benzene rings is 3. The van der Waals surface area contributed by atoms with Gasteiger partial charge in [-0.25, -0.2) is 10.3 Å². The molecule has 12 heteroatoms. The Morgan fingerprint density at radius 3 is 2.27 bits per heavy atom. The summed E-state index contributed by atoms with van der Waals surface area (Å²) in [7, 11) is 0. The second kappa shape index (κ2) is 17.6. The number of aliphatic carboxylic acids is 1. The van der Waals surface area contributed by atoms with Crippen LogP contribution in [0.4, 0.5) is 0 Å². The molecule has 4 N–H and O–H groups in total. The lowest BCUT2D eigenvalue weighted by molar-refractivity contribution is -0.147. The normalized spacial score (nSPS) is 19.4. The first-order chi connectivity index (χ1) is 23.3. The molecule has 48 heavy (non-hydrogen) atoms. The molecule has 3 aromatic carbocycles. The molecule has 1 aliphatic heterocycles. The fraction of sp³-hybridized carbons (Fsp3) is 0.361. The van der Waals surface area contributed by atoms with Crippen molar-refractivity contribution < 1.29 is 48.8 Å². The molecule has 0 radical (unpaired) electrons. The van der Waals surface area contributed by atoms with Crippen LogP contribution < -0.4 is 15.0 Å². The molecule has 0 bridgehead atoms. The van der Waals surface area contributed by atoms with Gasteiger partial charge >= 0.3 is 11.9 Å². The van der Waals surface area contributed by atoms with Crippen LogP contribution in [0.25, 0.3) is 0 Å². The van der Waals surface area contributed by atoms with Gasteiger partial charge in [0, 0.05) is 19.5 Å². The van der Waals surface area contributed by atoms with Gasteiger partial charge in [-0.15, -0.1) is 0 Å². The van der Waals surface area contributed by atoms with Crippen molar-refractivity contribution in [2.24, 2.45) is 5.92 Å². The number of carboxylic acids is 2. The highest BCUT2D eigenvalue weighted by atomic mass is 16.6. The average Bonchev–Trinajstić information content (AvgIpc) is 3.64. The number of hydrogen-bond acceptors (Lipinski definition) is 9. The number of aromatic hydroxyl groups is 1. The Bertz CT molecular complexity index is 1550. The number of nitrogens with one attached hydrogen (secondary N) is 1. The summed E-state index contributed by atoms with van der Waals surface area (Å²) < 4.78 is 16.4. The Morgan fingerprint density at radius 1 is 0.958 bits per heavy atom. The van der Waals surface area contributed by atoms with Crippen molar-refractivity contribution >= 4 is 17.8 Å². The summed E-state index contributed by atoms with van der Waals surface area (Å²) in [5.41, 5.74) is 2.43. The van der Waals surface area contributed by atoms with Gasteiger partial charge in [-0.2, -0.15) is 0 Å². The van der Waals surface area contributed by atoms with E-state index in [0.29, 0.717) is 62.4 Å². The molecule has 0 aromatic heterocycles. The average molecular weight is 661 g/mol. The van der Waals surface area contributed by atoms with Crippen molar-refractivity contribution in [3.8, 4) is 29.8 Å². The zero-order chi connectivity index (χ0) is 34.4. The van der Waals surface area contributed by atoms with Crippen molar-refractivity contribution in [1.82, 2.24) is 10.4 Å². The lowest BCUT2D eigenvalue weighted by Gasteiger charge is -2.31. The smallest absolute Gasteiger partial charge is 0.336 e. The number of carbonyl (C=O) groups excluding carboxylic acids is 1. The number of carbonyl (C=O) groups is 3. The van der Waals surface area contributed by atoms with Gasteiger partial charge in [0.2, 0.25) is 5.91 Å². The first-order valence-electron chi connectivity index (χ1n) is 15.7. The lowest BCUT2D eigenvalue weighted by atomic mass is 9.76. The number of nitrogens with zero attached hydrogens (tertiary/aromatic N) is 1. The summed E-state index contributed by atoms with van der Waals surface area (Å²) in [5.74, 6) is -1.62. The topological polar surface area (TPSA) is 164 Å². The van der Waals surface area contributed by atoms with E-state index in [-0.39, 0.29) is 37.2 Å². The van der Waals surface area contributed by atoms with Gasteiger partial charge in [-0.1, -0.05) is 48.9 Å². The van der Waals surface area contributed by atoms with Gasteiger partial charge in [0.05, 0.1) is 18.1 Å². The molecule has 1 saturated carbocycles. The van der Waals surface area contributed by atoms with Crippen LogP contribution in [0.3, 0.4) is 0 Å². The van der Waals surface area contributed by atoms with E-state index in [1.165, 1.54) is 6.07 Å². The van der Waals surface area contributed by atoms with E-state index in [1.807, 2.05) is 36.4 Å². The van der Waals surface area contributed by atoms with Crippen LogP contribution in [0.5, 0.6) is 17.2 Å². The van der Waals surface area contributed by atoms with Gasteiger partial charge in [-0.3, -0.25) is 14.4 Å². The molecule has 12 nitrogen and oxygen atoms in total. The lowest BCUT2D eigenvalue weighted by Crippen LogP contribution is -2.43. The third-order valence-electron chi connectivity index (χ3n) is 8.17. The maximum atomic E-state index is 12.6. The zero-order valence-corrected chi connectivity index (χ0v) is 26.5. The van der Waals surface area contributed by atoms with Gasteiger partial charge in [0.1, 0.15) is 48.2 Å². The highest BCUT2D eigenvalue weighted by Gasteiger charge is 2.69. The zero-order valence-electron chi connectivity index (χ0n) is 26.5. The maximum Gasteiger partial charge on any atom is 0.336 e. The summed E-state index contributed by atoms with van der Waals surface area (Å²) >= 11 is 0. The number of hydroxylamine groups is 1. The number of hydrogen-bond donors (Lipinski definition) is 4. The molecule has 1 spiro atoms. The highest BCUT2D eigenvalue weighted by molar-refractivity contribution is 6.06. The van der Waals surface area contributed by atoms with E-state index in [2.05, 4.69) is 11.6 Å². The molecule has 1 heterocycles. The molecular formula is C36H40N2O10. The number of aromatic carboxylic acids is 1. The molecule has 1 saturated heterocycles. The molecule has 2 fully saturated rings. The predicted molar refractivity (Wildman–Crippen MR) is 174 cm³/mol. The number of phenolic OH excluding ortho intramolecular Hbond substituents is 1. The Labute approximate surface area is 279 Å². The summed E-state index contributed by atoms with van der Waals surface area (Å²) in [4.78, 5) is 43.3. The second-order valence-electron chi connectivity index (χ2n) is 11.3. The van der Waals surface area contributed by atoms with Crippen molar-refractivity contribution in [2.45, 2.75) is 50.4 Å². The molecule has 1 amide bonds. The molecule has 3 atom stereocenters. The van der Waals surface area contributed by atoms with Crippen LogP contribution in [-0.4, -0.2) is 76.0 Å². The van der Waals surface area contributed by atoms with Crippen LogP contribution >= 0.6 is 0 Å². The van der Waals surface area contributed by atoms with Gasteiger partial charge in [0.15, 0.2) is 0 Å². The first kappa shape index (κ1) is 35.6. The monoisotopic (exact) mass is 660 g/mol. The molecule has 2 aliphatic rings. The number of terminal acetylenes is 1. The van der Waals surface area contributed by atoms with E-state index in [0.717, 1.165) is 5.75 Å². The number of carboxylic acid groups (broad SMARTS) is 2. The molecule has 1 aliphatic carbocycles. The Kier molecular flexibility index (Phi) is 13.1. The number of unbranched alkanes of at least 4 members (excludes halogenated alkanes) is 1. The molecular weight excluding hydrogens is 620 g/mol. The van der Waals surface area contributed by atoms with Gasteiger partial charge < -0.3 is 34.4 Å². The van der Waals surface area contributed by atoms with Crippen molar-refractivity contribution in [2.75, 3.05) is 26.3 Å². The van der Waals surface area contributed by atoms with Crippen molar-refractivity contribution in [1.29, 1.82) is 0 Å². The van der Waals surface area contributed by atoms with Crippen LogP contribution in [-0.2, 0) is 25.8 Å². The van der Waals surface area contributed by atoms with Crippen molar-refractivity contribution in [3.05, 3.63) is 90.0 Å². The first-order valence-corrected chi connectivity index (χ1v) is 15.7. The van der Waals surface area contributed by atoms with Crippen LogP contribution in [0, 0.1) is 18.4 Å². The Hall–Kier alpha value is -5.25. The third-order valence-corrected chi connectivity index (χ3v) is 8.17. The van der Waals surface area contributed by atoms with Crippen LogP contribution in [0.1, 0.15) is 48.0 Å². The van der Waals surface area contributed by atoms with Gasteiger partial charge in [0.25, 0.3) is 0 Å². The van der Waals surface area contributed by atoms with Crippen LogP contribution in [0.2, 0.25) is 0 Å².